The summed E-state index contributed by atoms with van der Waals surface area (Å²) in [7, 11) is 0. The summed E-state index contributed by atoms with van der Waals surface area (Å²) in [5, 5.41) is 6.39. The summed E-state index contributed by atoms with van der Waals surface area (Å²) in [5.41, 5.74) is 4.42. The predicted molar refractivity (Wildman–Crippen MR) is 102 cm³/mol. The van der Waals surface area contributed by atoms with Gasteiger partial charge in [0.2, 0.25) is 5.91 Å². The van der Waals surface area contributed by atoms with Crippen molar-refractivity contribution in [3.63, 3.8) is 0 Å². The van der Waals surface area contributed by atoms with Crippen LogP contribution in [0.2, 0.25) is 0 Å². The lowest BCUT2D eigenvalue weighted by atomic mass is 10.2. The van der Waals surface area contributed by atoms with E-state index in [9.17, 15) is 4.79 Å². The van der Waals surface area contributed by atoms with Gasteiger partial charge in [-0.3, -0.25) is 9.78 Å². The number of carbonyl (C=O) groups excluding carboxylic acids is 1. The van der Waals surface area contributed by atoms with E-state index in [2.05, 4.69) is 25.5 Å². The molecule has 4 rings (SSSR count). The second-order valence-corrected chi connectivity index (χ2v) is 6.43. The van der Waals surface area contributed by atoms with Gasteiger partial charge in [-0.2, -0.15) is 0 Å². The van der Waals surface area contributed by atoms with Crippen LogP contribution < -0.4 is 15.5 Å². The van der Waals surface area contributed by atoms with Gasteiger partial charge >= 0.3 is 0 Å². The number of nitrogens with one attached hydrogen (secondary N) is 2. The lowest BCUT2D eigenvalue weighted by Crippen LogP contribution is -2.43. The maximum Gasteiger partial charge on any atom is 0.230 e. The number of rotatable bonds is 4. The Morgan fingerprint density at radius 2 is 2.12 bits per heavy atom. The highest BCUT2D eigenvalue weighted by atomic mass is 16.1. The highest BCUT2D eigenvalue weighted by Gasteiger charge is 2.17. The highest BCUT2D eigenvalue weighted by molar-refractivity contribution is 5.95. The van der Waals surface area contributed by atoms with E-state index in [4.69, 9.17) is 0 Å². The van der Waals surface area contributed by atoms with Crippen LogP contribution >= 0.6 is 0 Å². The molecular formula is C19H22N6O. The smallest absolute Gasteiger partial charge is 0.230 e. The number of anilines is 2. The fourth-order valence-electron chi connectivity index (χ4n) is 3.37. The zero-order chi connectivity index (χ0) is 17.9. The van der Waals surface area contributed by atoms with Crippen molar-refractivity contribution in [3.8, 4) is 0 Å². The standard InChI is InChI=1S/C19H22N6O/c1-14-16(25-9-3-2-4-18(25)22-14)12-19(26)23-15-5-6-21-13-17(15)24-10-7-20-8-11-24/h2-6,9,13,20H,7-8,10-12H2,1H3,(H,21,23,26). The molecule has 0 aliphatic carbocycles. The zero-order valence-electron chi connectivity index (χ0n) is 14.8. The Labute approximate surface area is 152 Å². The van der Waals surface area contributed by atoms with Gasteiger partial charge in [0, 0.05) is 38.6 Å². The lowest BCUT2D eigenvalue weighted by molar-refractivity contribution is -0.115. The molecule has 0 bridgehead atoms. The first kappa shape index (κ1) is 16.5. The first-order valence-corrected chi connectivity index (χ1v) is 8.84. The van der Waals surface area contributed by atoms with E-state index in [1.165, 1.54) is 0 Å². The van der Waals surface area contributed by atoms with Crippen LogP contribution in [-0.4, -0.2) is 46.5 Å². The Kier molecular flexibility index (Phi) is 4.53. The van der Waals surface area contributed by atoms with Crippen molar-refractivity contribution >= 4 is 22.9 Å². The molecule has 26 heavy (non-hydrogen) atoms. The Morgan fingerprint density at radius 3 is 2.96 bits per heavy atom. The van der Waals surface area contributed by atoms with Gasteiger partial charge in [-0.05, 0) is 25.1 Å². The summed E-state index contributed by atoms with van der Waals surface area (Å²) in [5.74, 6) is -0.0543. The minimum Gasteiger partial charge on any atom is -0.366 e. The fraction of sp³-hybridized carbons (Fsp3) is 0.316. The number of aromatic nitrogens is 3. The fourth-order valence-corrected chi connectivity index (χ4v) is 3.37. The van der Waals surface area contributed by atoms with Gasteiger partial charge in [-0.25, -0.2) is 4.98 Å². The number of nitrogens with zero attached hydrogens (tertiary/aromatic N) is 4. The summed E-state index contributed by atoms with van der Waals surface area (Å²) < 4.78 is 1.97. The third-order valence-corrected chi connectivity index (χ3v) is 4.69. The maximum absolute atomic E-state index is 12.7. The molecule has 0 atom stereocenters. The van der Waals surface area contributed by atoms with Crippen molar-refractivity contribution in [3.05, 3.63) is 54.2 Å². The Balaban J connectivity index is 1.54. The SMILES string of the molecule is Cc1nc2ccccn2c1CC(=O)Nc1ccncc1N1CCNCC1. The topological polar surface area (TPSA) is 74.6 Å². The van der Waals surface area contributed by atoms with Crippen LogP contribution in [0, 0.1) is 6.92 Å². The summed E-state index contributed by atoms with van der Waals surface area (Å²) in [6.07, 6.45) is 5.75. The Bertz CT molecular complexity index is 929. The summed E-state index contributed by atoms with van der Waals surface area (Å²) >= 11 is 0. The number of hydrogen-bond donors (Lipinski definition) is 2. The van der Waals surface area contributed by atoms with E-state index in [1.807, 2.05) is 48.0 Å². The number of fused-ring (bicyclic) bond motifs is 1. The number of amides is 1. The van der Waals surface area contributed by atoms with E-state index in [-0.39, 0.29) is 12.3 Å². The quantitative estimate of drug-likeness (QED) is 0.748. The minimum atomic E-state index is -0.0543. The van der Waals surface area contributed by atoms with Crippen molar-refractivity contribution in [1.29, 1.82) is 0 Å². The van der Waals surface area contributed by atoms with E-state index in [0.29, 0.717) is 0 Å². The Hall–Kier alpha value is -2.93. The first-order valence-electron chi connectivity index (χ1n) is 8.84. The molecule has 0 unspecified atom stereocenters. The van der Waals surface area contributed by atoms with Crippen LogP contribution in [-0.2, 0) is 11.2 Å². The number of pyridine rings is 2. The van der Waals surface area contributed by atoms with Crippen molar-refractivity contribution in [1.82, 2.24) is 19.7 Å². The average molecular weight is 350 g/mol. The third kappa shape index (κ3) is 3.25. The molecule has 2 N–H and O–H groups in total. The molecule has 4 heterocycles. The molecule has 7 nitrogen and oxygen atoms in total. The second kappa shape index (κ2) is 7.13. The van der Waals surface area contributed by atoms with Crippen LogP contribution in [0.25, 0.3) is 5.65 Å². The molecule has 1 fully saturated rings. The van der Waals surface area contributed by atoms with Crippen molar-refractivity contribution in [2.24, 2.45) is 0 Å². The molecule has 0 radical (unpaired) electrons. The van der Waals surface area contributed by atoms with Gasteiger partial charge in [0.25, 0.3) is 0 Å². The van der Waals surface area contributed by atoms with Crippen molar-refractivity contribution < 1.29 is 4.79 Å². The van der Waals surface area contributed by atoms with Gasteiger partial charge in [0.15, 0.2) is 0 Å². The van der Waals surface area contributed by atoms with Gasteiger partial charge in [0.05, 0.1) is 35.4 Å². The lowest BCUT2D eigenvalue weighted by Gasteiger charge is -2.30. The van der Waals surface area contributed by atoms with Crippen LogP contribution in [0.4, 0.5) is 11.4 Å². The predicted octanol–water partition coefficient (Wildman–Crippen LogP) is 1.63. The molecule has 0 aromatic carbocycles. The molecule has 7 heteroatoms. The van der Waals surface area contributed by atoms with Crippen molar-refractivity contribution in [2.75, 3.05) is 36.4 Å². The van der Waals surface area contributed by atoms with Crippen LogP contribution in [0.1, 0.15) is 11.4 Å². The maximum atomic E-state index is 12.7. The molecule has 1 amide bonds. The van der Waals surface area contributed by atoms with Crippen LogP contribution in [0.3, 0.4) is 0 Å². The number of hydrogen-bond acceptors (Lipinski definition) is 5. The summed E-state index contributed by atoms with van der Waals surface area (Å²) in [4.78, 5) is 23.7. The minimum absolute atomic E-state index is 0.0543. The summed E-state index contributed by atoms with van der Waals surface area (Å²) in [6.45, 7) is 5.61. The molecule has 3 aromatic heterocycles. The number of imidazole rings is 1. The van der Waals surface area contributed by atoms with Crippen LogP contribution in [0.5, 0.6) is 0 Å². The summed E-state index contributed by atoms with van der Waals surface area (Å²) in [6, 6.07) is 7.69. The van der Waals surface area contributed by atoms with E-state index < -0.39 is 0 Å². The Morgan fingerprint density at radius 1 is 1.27 bits per heavy atom. The molecule has 0 spiro atoms. The monoisotopic (exact) mass is 350 g/mol. The molecule has 3 aromatic rings. The molecule has 1 saturated heterocycles. The van der Waals surface area contributed by atoms with Gasteiger partial charge in [-0.1, -0.05) is 6.07 Å². The number of aryl methyl sites for hydroxylation is 1. The third-order valence-electron chi connectivity index (χ3n) is 4.69. The van der Waals surface area contributed by atoms with Crippen molar-refractivity contribution in [2.45, 2.75) is 13.3 Å². The molecule has 0 saturated carbocycles. The highest BCUT2D eigenvalue weighted by Crippen LogP contribution is 2.25. The molecular weight excluding hydrogens is 328 g/mol. The molecule has 1 aliphatic heterocycles. The molecule has 1 aliphatic rings. The average Bonchev–Trinajstić information content (AvgIpc) is 2.98. The van der Waals surface area contributed by atoms with E-state index >= 15 is 0 Å². The largest absolute Gasteiger partial charge is 0.366 e. The second-order valence-electron chi connectivity index (χ2n) is 6.43. The van der Waals surface area contributed by atoms with Gasteiger partial charge < -0.3 is 19.9 Å². The van der Waals surface area contributed by atoms with Crippen LogP contribution in [0.15, 0.2) is 42.9 Å². The number of piperazine rings is 1. The number of carbonyl (C=O) groups is 1. The first-order chi connectivity index (χ1) is 12.7. The van der Waals surface area contributed by atoms with Gasteiger partial charge in [0.1, 0.15) is 5.65 Å². The normalized spacial score (nSPS) is 14.6. The molecule has 134 valence electrons. The van der Waals surface area contributed by atoms with Gasteiger partial charge in [-0.15, -0.1) is 0 Å². The van der Waals surface area contributed by atoms with E-state index in [1.54, 1.807) is 6.20 Å². The van der Waals surface area contributed by atoms with E-state index in [0.717, 1.165) is 54.6 Å². The zero-order valence-corrected chi connectivity index (χ0v) is 14.8.